The van der Waals surface area contributed by atoms with Crippen LogP contribution in [-0.4, -0.2) is 33.8 Å². The van der Waals surface area contributed by atoms with Gasteiger partial charge in [-0.15, -0.1) is 11.3 Å². The maximum Gasteiger partial charge on any atom is 0.337 e. The average molecular weight is 370 g/mol. The largest absolute Gasteiger partial charge is 0.465 e. The Morgan fingerprint density at radius 3 is 2.62 bits per heavy atom. The second-order valence-corrected chi connectivity index (χ2v) is 6.41. The van der Waals surface area contributed by atoms with E-state index in [1.54, 1.807) is 35.0 Å². The number of hydrogen-bond donors (Lipinski definition) is 1. The molecule has 0 fully saturated rings. The van der Waals surface area contributed by atoms with Crippen molar-refractivity contribution >= 4 is 28.3 Å². The van der Waals surface area contributed by atoms with Crippen LogP contribution in [-0.2, 0) is 11.3 Å². The van der Waals surface area contributed by atoms with E-state index in [4.69, 9.17) is 0 Å². The zero-order chi connectivity index (χ0) is 18.7. The number of carbonyl (C=O) groups is 2. The summed E-state index contributed by atoms with van der Waals surface area (Å²) in [5.41, 5.74) is 3.34. The molecule has 2 aromatic heterocycles. The number of nitrogens with zero attached hydrogens (tertiary/aromatic N) is 3. The maximum absolute atomic E-state index is 12.3. The first kappa shape index (κ1) is 17.8. The Kier molecular flexibility index (Phi) is 5.13. The first-order valence-electron chi connectivity index (χ1n) is 8.02. The predicted molar refractivity (Wildman–Crippen MR) is 99.5 cm³/mol. The summed E-state index contributed by atoms with van der Waals surface area (Å²) in [6.45, 7) is 4.59. The fraction of sp³-hybridized carbons (Fsp3) is 0.222. The number of esters is 1. The molecule has 26 heavy (non-hydrogen) atoms. The molecule has 7 nitrogen and oxygen atoms in total. The van der Waals surface area contributed by atoms with Crippen molar-refractivity contribution in [1.82, 2.24) is 14.8 Å². The number of rotatable bonds is 5. The van der Waals surface area contributed by atoms with E-state index < -0.39 is 0 Å². The van der Waals surface area contributed by atoms with Crippen LogP contribution in [0.3, 0.4) is 0 Å². The molecule has 8 heteroatoms. The van der Waals surface area contributed by atoms with Crippen LogP contribution in [0.2, 0.25) is 0 Å². The number of benzene rings is 1. The molecule has 134 valence electrons. The SMILES string of the molecule is CCn1nc(C(=O)Nc2nc(-c3ccc(C(=O)OC)cc3)cs2)cc1C. The number of methoxy groups -OCH3 is 1. The molecular formula is C18H18N4O3S. The highest BCUT2D eigenvalue weighted by molar-refractivity contribution is 7.14. The highest BCUT2D eigenvalue weighted by atomic mass is 32.1. The zero-order valence-corrected chi connectivity index (χ0v) is 15.5. The lowest BCUT2D eigenvalue weighted by molar-refractivity contribution is 0.0600. The van der Waals surface area contributed by atoms with E-state index in [1.165, 1.54) is 18.4 Å². The van der Waals surface area contributed by atoms with Gasteiger partial charge in [0.2, 0.25) is 0 Å². The Hall–Kier alpha value is -3.00. The summed E-state index contributed by atoms with van der Waals surface area (Å²) in [6, 6.07) is 8.69. The van der Waals surface area contributed by atoms with E-state index in [0.717, 1.165) is 17.0 Å². The lowest BCUT2D eigenvalue weighted by atomic mass is 10.1. The molecule has 0 unspecified atom stereocenters. The summed E-state index contributed by atoms with van der Waals surface area (Å²) in [4.78, 5) is 28.2. The first-order chi connectivity index (χ1) is 12.5. The van der Waals surface area contributed by atoms with E-state index >= 15 is 0 Å². The second kappa shape index (κ2) is 7.49. The normalized spacial score (nSPS) is 10.6. The summed E-state index contributed by atoms with van der Waals surface area (Å²) in [5, 5.41) is 9.37. The molecule has 0 aliphatic carbocycles. The van der Waals surface area contributed by atoms with Gasteiger partial charge >= 0.3 is 5.97 Å². The van der Waals surface area contributed by atoms with E-state index in [-0.39, 0.29) is 11.9 Å². The van der Waals surface area contributed by atoms with Gasteiger partial charge in [0, 0.05) is 23.2 Å². The van der Waals surface area contributed by atoms with Crippen molar-refractivity contribution < 1.29 is 14.3 Å². The summed E-state index contributed by atoms with van der Waals surface area (Å²) in [6.07, 6.45) is 0. The average Bonchev–Trinajstić information content (AvgIpc) is 3.27. The van der Waals surface area contributed by atoms with Gasteiger partial charge in [0.05, 0.1) is 18.4 Å². The number of amides is 1. The van der Waals surface area contributed by atoms with E-state index in [1.807, 2.05) is 19.2 Å². The van der Waals surface area contributed by atoms with Crippen molar-refractivity contribution in [2.75, 3.05) is 12.4 Å². The summed E-state index contributed by atoms with van der Waals surface area (Å²) in [7, 11) is 1.34. The van der Waals surface area contributed by atoms with Crippen LogP contribution < -0.4 is 5.32 Å². The number of hydrogen-bond acceptors (Lipinski definition) is 6. The third kappa shape index (κ3) is 3.65. The first-order valence-corrected chi connectivity index (χ1v) is 8.90. The number of ether oxygens (including phenoxy) is 1. The van der Waals surface area contributed by atoms with E-state index in [0.29, 0.717) is 22.9 Å². The maximum atomic E-state index is 12.3. The van der Waals surface area contributed by atoms with Crippen LogP contribution >= 0.6 is 11.3 Å². The van der Waals surface area contributed by atoms with Crippen molar-refractivity contribution in [3.8, 4) is 11.3 Å². The Morgan fingerprint density at radius 2 is 2.00 bits per heavy atom. The molecule has 0 spiro atoms. The minimum absolute atomic E-state index is 0.290. The van der Waals surface area contributed by atoms with Crippen LogP contribution in [0.5, 0.6) is 0 Å². The molecule has 0 radical (unpaired) electrons. The summed E-state index contributed by atoms with van der Waals surface area (Å²) in [5.74, 6) is -0.674. The molecule has 3 aromatic rings. The molecule has 1 amide bonds. The molecule has 0 saturated heterocycles. The number of aromatic nitrogens is 3. The molecule has 3 rings (SSSR count). The van der Waals surface area contributed by atoms with Crippen molar-refractivity contribution in [1.29, 1.82) is 0 Å². The monoisotopic (exact) mass is 370 g/mol. The number of aryl methyl sites for hydroxylation is 2. The van der Waals surface area contributed by atoms with Crippen LogP contribution in [0.1, 0.15) is 33.5 Å². The number of nitrogens with one attached hydrogen (secondary N) is 1. The molecule has 0 bridgehead atoms. The number of carbonyl (C=O) groups excluding carboxylic acids is 2. The second-order valence-electron chi connectivity index (χ2n) is 5.55. The van der Waals surface area contributed by atoms with Crippen LogP contribution in [0.25, 0.3) is 11.3 Å². The highest BCUT2D eigenvalue weighted by Crippen LogP contribution is 2.25. The zero-order valence-electron chi connectivity index (χ0n) is 14.6. The van der Waals surface area contributed by atoms with Gasteiger partial charge in [-0.3, -0.25) is 14.8 Å². The van der Waals surface area contributed by atoms with Gasteiger partial charge in [-0.25, -0.2) is 9.78 Å². The molecule has 2 heterocycles. The number of anilines is 1. The van der Waals surface area contributed by atoms with Gasteiger partial charge in [-0.05, 0) is 32.0 Å². The fourth-order valence-corrected chi connectivity index (χ4v) is 3.18. The molecule has 0 aliphatic rings. The van der Waals surface area contributed by atoms with Gasteiger partial charge < -0.3 is 4.74 Å². The highest BCUT2D eigenvalue weighted by Gasteiger charge is 2.14. The summed E-state index contributed by atoms with van der Waals surface area (Å²) < 4.78 is 6.45. The number of thiazole rings is 1. The molecule has 0 saturated carbocycles. The predicted octanol–water partition coefficient (Wildman–Crippen LogP) is 3.37. The Labute approximate surface area is 154 Å². The van der Waals surface area contributed by atoms with Crippen LogP contribution in [0, 0.1) is 6.92 Å². The smallest absolute Gasteiger partial charge is 0.337 e. The molecular weight excluding hydrogens is 352 g/mol. The van der Waals surface area contributed by atoms with Gasteiger partial charge in [-0.1, -0.05) is 12.1 Å². The van der Waals surface area contributed by atoms with Crippen molar-refractivity contribution in [2.24, 2.45) is 0 Å². The van der Waals surface area contributed by atoms with Crippen molar-refractivity contribution in [3.05, 3.63) is 52.7 Å². The fourth-order valence-electron chi connectivity index (χ4n) is 2.46. The lowest BCUT2D eigenvalue weighted by Gasteiger charge is -2.01. The molecule has 1 aromatic carbocycles. The Morgan fingerprint density at radius 1 is 1.27 bits per heavy atom. The standard InChI is InChI=1S/C18H18N4O3S/c1-4-22-11(2)9-14(21-22)16(23)20-18-19-15(10-26-18)12-5-7-13(8-6-12)17(24)25-3/h5-10H,4H2,1-3H3,(H,19,20,23). The molecule has 0 aliphatic heterocycles. The molecule has 1 N–H and O–H groups in total. The van der Waals surface area contributed by atoms with Crippen LogP contribution in [0.15, 0.2) is 35.7 Å². The van der Waals surface area contributed by atoms with E-state index in [2.05, 4.69) is 20.1 Å². The van der Waals surface area contributed by atoms with Crippen molar-refractivity contribution in [3.63, 3.8) is 0 Å². The molecule has 0 atom stereocenters. The third-order valence-corrected chi connectivity index (χ3v) is 4.60. The van der Waals surface area contributed by atoms with Gasteiger partial charge in [-0.2, -0.15) is 5.10 Å². The van der Waals surface area contributed by atoms with Gasteiger partial charge in [0.15, 0.2) is 10.8 Å². The van der Waals surface area contributed by atoms with Gasteiger partial charge in [0.1, 0.15) is 0 Å². The minimum atomic E-state index is -0.385. The quantitative estimate of drug-likeness (QED) is 0.696. The lowest BCUT2D eigenvalue weighted by Crippen LogP contribution is -2.13. The minimum Gasteiger partial charge on any atom is -0.465 e. The third-order valence-electron chi connectivity index (χ3n) is 3.84. The summed E-state index contributed by atoms with van der Waals surface area (Å²) >= 11 is 1.33. The van der Waals surface area contributed by atoms with Gasteiger partial charge in [0.25, 0.3) is 5.91 Å². The van der Waals surface area contributed by atoms with E-state index in [9.17, 15) is 9.59 Å². The van der Waals surface area contributed by atoms with Crippen LogP contribution in [0.4, 0.5) is 5.13 Å². The topological polar surface area (TPSA) is 86.1 Å². The van der Waals surface area contributed by atoms with Crippen molar-refractivity contribution in [2.45, 2.75) is 20.4 Å². The Balaban J connectivity index is 1.73. The Bertz CT molecular complexity index is 944.